The molecule has 0 spiro atoms. The standard InChI is InChI=1S/C19H29N3O/c1-15-12-18-17(4-8-21-9-5-20-6-10-21)14-22(7-3-11-23)19(18)13-16(15)2/h12-14,20,23H,3-11H2,1-2H3. The number of rotatable bonds is 6. The lowest BCUT2D eigenvalue weighted by molar-refractivity contribution is 0.244. The largest absolute Gasteiger partial charge is 0.396 e. The fourth-order valence-corrected chi connectivity index (χ4v) is 3.46. The number of aromatic nitrogens is 1. The molecule has 23 heavy (non-hydrogen) atoms. The second-order valence-electron chi connectivity index (χ2n) is 6.72. The average molecular weight is 315 g/mol. The van der Waals surface area contributed by atoms with Crippen molar-refractivity contribution in [1.82, 2.24) is 14.8 Å². The molecule has 0 radical (unpaired) electrons. The van der Waals surface area contributed by atoms with E-state index < -0.39 is 0 Å². The molecule has 1 saturated heterocycles. The van der Waals surface area contributed by atoms with Gasteiger partial charge in [-0.25, -0.2) is 0 Å². The minimum Gasteiger partial charge on any atom is -0.396 e. The Morgan fingerprint density at radius 1 is 1.09 bits per heavy atom. The molecule has 1 aromatic carbocycles. The molecule has 4 heteroatoms. The van der Waals surface area contributed by atoms with Crippen LogP contribution in [-0.4, -0.2) is 53.9 Å². The van der Waals surface area contributed by atoms with Crippen molar-refractivity contribution in [2.45, 2.75) is 33.2 Å². The van der Waals surface area contributed by atoms with Crippen LogP contribution in [0.4, 0.5) is 0 Å². The number of aryl methyl sites for hydroxylation is 3. The number of piperazine rings is 1. The first-order chi connectivity index (χ1) is 11.2. The summed E-state index contributed by atoms with van der Waals surface area (Å²) < 4.78 is 2.32. The summed E-state index contributed by atoms with van der Waals surface area (Å²) in [6.07, 6.45) is 4.22. The normalized spacial score (nSPS) is 16.3. The van der Waals surface area contributed by atoms with Crippen LogP contribution in [0.15, 0.2) is 18.3 Å². The van der Waals surface area contributed by atoms with Crippen molar-refractivity contribution in [2.75, 3.05) is 39.3 Å². The second kappa shape index (κ2) is 7.47. The number of fused-ring (bicyclic) bond motifs is 1. The van der Waals surface area contributed by atoms with Gasteiger partial charge < -0.3 is 19.9 Å². The molecule has 0 amide bonds. The predicted octanol–water partition coefficient (Wildman–Crippen LogP) is 2.09. The minimum absolute atomic E-state index is 0.251. The lowest BCUT2D eigenvalue weighted by atomic mass is 10.0. The Hall–Kier alpha value is -1.36. The fourth-order valence-electron chi connectivity index (χ4n) is 3.46. The molecule has 1 aliphatic heterocycles. The van der Waals surface area contributed by atoms with Crippen LogP contribution >= 0.6 is 0 Å². The Labute approximate surface area is 139 Å². The number of nitrogens with zero attached hydrogens (tertiary/aromatic N) is 2. The smallest absolute Gasteiger partial charge is 0.0486 e. The van der Waals surface area contributed by atoms with Crippen LogP contribution < -0.4 is 5.32 Å². The number of nitrogens with one attached hydrogen (secondary N) is 1. The first-order valence-electron chi connectivity index (χ1n) is 8.82. The van der Waals surface area contributed by atoms with Crippen LogP contribution in [0.1, 0.15) is 23.1 Å². The molecular weight excluding hydrogens is 286 g/mol. The van der Waals surface area contributed by atoms with Crippen molar-refractivity contribution >= 4 is 10.9 Å². The average Bonchev–Trinajstić information content (AvgIpc) is 2.89. The quantitative estimate of drug-likeness (QED) is 0.857. The van der Waals surface area contributed by atoms with E-state index in [1.165, 1.54) is 27.6 Å². The van der Waals surface area contributed by atoms with Crippen LogP contribution in [0.2, 0.25) is 0 Å². The van der Waals surface area contributed by atoms with Crippen molar-refractivity contribution in [2.24, 2.45) is 0 Å². The zero-order valence-electron chi connectivity index (χ0n) is 14.4. The minimum atomic E-state index is 0.251. The van der Waals surface area contributed by atoms with Crippen molar-refractivity contribution in [1.29, 1.82) is 0 Å². The van der Waals surface area contributed by atoms with Crippen molar-refractivity contribution in [3.8, 4) is 0 Å². The van der Waals surface area contributed by atoms with Gasteiger partial charge in [-0.3, -0.25) is 0 Å². The van der Waals surface area contributed by atoms with Gasteiger partial charge in [0.15, 0.2) is 0 Å². The van der Waals surface area contributed by atoms with Crippen molar-refractivity contribution in [3.63, 3.8) is 0 Å². The van der Waals surface area contributed by atoms with E-state index >= 15 is 0 Å². The summed E-state index contributed by atoms with van der Waals surface area (Å²) in [6, 6.07) is 4.64. The van der Waals surface area contributed by atoms with E-state index in [0.29, 0.717) is 0 Å². The number of aliphatic hydroxyl groups is 1. The molecule has 2 heterocycles. The summed E-state index contributed by atoms with van der Waals surface area (Å²) in [5.41, 5.74) is 5.46. The van der Waals surface area contributed by atoms with Gasteiger partial charge in [0.2, 0.25) is 0 Å². The van der Waals surface area contributed by atoms with Crippen LogP contribution in [-0.2, 0) is 13.0 Å². The van der Waals surface area contributed by atoms with Gasteiger partial charge >= 0.3 is 0 Å². The Morgan fingerprint density at radius 3 is 2.57 bits per heavy atom. The number of hydrogen-bond acceptors (Lipinski definition) is 3. The van der Waals surface area contributed by atoms with Crippen LogP contribution in [0.3, 0.4) is 0 Å². The van der Waals surface area contributed by atoms with Gasteiger partial charge in [-0.2, -0.15) is 0 Å². The third-order valence-corrected chi connectivity index (χ3v) is 5.04. The zero-order chi connectivity index (χ0) is 16.2. The number of hydrogen-bond donors (Lipinski definition) is 2. The molecule has 2 N–H and O–H groups in total. The highest BCUT2D eigenvalue weighted by molar-refractivity contribution is 5.85. The van der Waals surface area contributed by atoms with E-state index in [1.54, 1.807) is 0 Å². The summed E-state index contributed by atoms with van der Waals surface area (Å²) >= 11 is 0. The Kier molecular flexibility index (Phi) is 5.36. The van der Waals surface area contributed by atoms with Gasteiger partial charge in [-0.15, -0.1) is 0 Å². The first-order valence-corrected chi connectivity index (χ1v) is 8.82. The highest BCUT2D eigenvalue weighted by atomic mass is 16.3. The van der Waals surface area contributed by atoms with E-state index in [1.807, 2.05) is 0 Å². The van der Waals surface area contributed by atoms with Gasteiger partial charge in [-0.1, -0.05) is 0 Å². The van der Waals surface area contributed by atoms with Gasteiger partial charge in [0, 0.05) is 63.0 Å². The van der Waals surface area contributed by atoms with Gasteiger partial charge in [0.05, 0.1) is 0 Å². The summed E-state index contributed by atoms with van der Waals surface area (Å²) in [4.78, 5) is 2.55. The third-order valence-electron chi connectivity index (χ3n) is 5.04. The van der Waals surface area contributed by atoms with E-state index in [-0.39, 0.29) is 6.61 Å². The molecule has 1 aliphatic rings. The third kappa shape index (κ3) is 3.77. The molecule has 3 rings (SSSR count). The Morgan fingerprint density at radius 2 is 1.83 bits per heavy atom. The molecular formula is C19H29N3O. The maximum Gasteiger partial charge on any atom is 0.0486 e. The topological polar surface area (TPSA) is 40.4 Å². The van der Waals surface area contributed by atoms with Crippen molar-refractivity contribution < 1.29 is 5.11 Å². The van der Waals surface area contributed by atoms with Crippen LogP contribution in [0.5, 0.6) is 0 Å². The summed E-state index contributed by atoms with van der Waals surface area (Å²) in [5.74, 6) is 0. The maximum atomic E-state index is 9.15. The molecule has 1 fully saturated rings. The fraction of sp³-hybridized carbons (Fsp3) is 0.579. The summed E-state index contributed by atoms with van der Waals surface area (Å²) in [5, 5.41) is 14.0. The first kappa shape index (κ1) is 16.5. The monoisotopic (exact) mass is 315 g/mol. The lowest BCUT2D eigenvalue weighted by Crippen LogP contribution is -2.44. The molecule has 0 unspecified atom stereocenters. The highest BCUT2D eigenvalue weighted by Crippen LogP contribution is 2.26. The molecule has 4 nitrogen and oxygen atoms in total. The SMILES string of the molecule is Cc1cc2c(CCN3CCNCC3)cn(CCCO)c2cc1C. The summed E-state index contributed by atoms with van der Waals surface area (Å²) in [7, 11) is 0. The van der Waals surface area contributed by atoms with E-state index in [0.717, 1.165) is 52.1 Å². The zero-order valence-corrected chi connectivity index (χ0v) is 14.4. The predicted molar refractivity (Wildman–Crippen MR) is 96.1 cm³/mol. The van der Waals surface area contributed by atoms with Gasteiger partial charge in [0.25, 0.3) is 0 Å². The Bertz CT molecular complexity index is 656. The number of benzene rings is 1. The van der Waals surface area contributed by atoms with Gasteiger partial charge in [0.1, 0.15) is 0 Å². The number of aliphatic hydroxyl groups excluding tert-OH is 1. The molecule has 0 bridgehead atoms. The maximum absolute atomic E-state index is 9.15. The van der Waals surface area contributed by atoms with E-state index in [2.05, 4.69) is 47.0 Å². The van der Waals surface area contributed by atoms with E-state index in [4.69, 9.17) is 5.11 Å². The van der Waals surface area contributed by atoms with Crippen LogP contribution in [0.25, 0.3) is 10.9 Å². The lowest BCUT2D eigenvalue weighted by Gasteiger charge is -2.26. The molecule has 2 aromatic rings. The van der Waals surface area contributed by atoms with Gasteiger partial charge in [-0.05, 0) is 55.5 Å². The van der Waals surface area contributed by atoms with Crippen molar-refractivity contribution in [3.05, 3.63) is 35.0 Å². The van der Waals surface area contributed by atoms with E-state index in [9.17, 15) is 0 Å². The molecule has 126 valence electrons. The van der Waals surface area contributed by atoms with Crippen LogP contribution in [0, 0.1) is 13.8 Å². The molecule has 0 atom stereocenters. The summed E-state index contributed by atoms with van der Waals surface area (Å²) in [6.45, 7) is 11.2. The molecule has 1 aromatic heterocycles. The second-order valence-corrected chi connectivity index (χ2v) is 6.72. The molecule has 0 aliphatic carbocycles. The molecule has 0 saturated carbocycles. The Balaban J connectivity index is 1.84. The highest BCUT2D eigenvalue weighted by Gasteiger charge is 2.13.